The average molecular weight is 392 g/mol. The van der Waals surface area contributed by atoms with E-state index in [4.69, 9.17) is 5.73 Å². The summed E-state index contributed by atoms with van der Waals surface area (Å²) < 4.78 is 2.02. The number of benzene rings is 2. The summed E-state index contributed by atoms with van der Waals surface area (Å²) in [6.07, 6.45) is 1.80. The number of pyridine rings is 1. The summed E-state index contributed by atoms with van der Waals surface area (Å²) in [5.74, 6) is 0. The van der Waals surface area contributed by atoms with Crippen molar-refractivity contribution in [2.24, 2.45) is 5.73 Å². The lowest BCUT2D eigenvalue weighted by molar-refractivity contribution is 0.871. The Bertz CT molecular complexity index is 766. The van der Waals surface area contributed by atoms with Gasteiger partial charge in [0.15, 0.2) is 0 Å². The van der Waals surface area contributed by atoms with E-state index in [1.807, 2.05) is 36.4 Å². The number of nitrogens with zero attached hydrogens (tertiary/aromatic N) is 1. The summed E-state index contributed by atoms with van der Waals surface area (Å²) in [5.41, 5.74) is 9.48. The fourth-order valence-corrected chi connectivity index (χ4v) is 3.59. The lowest BCUT2D eigenvalue weighted by Gasteiger charge is -2.16. The van der Waals surface area contributed by atoms with E-state index in [0.29, 0.717) is 0 Å². The van der Waals surface area contributed by atoms with Crippen LogP contribution in [-0.4, -0.2) is 4.98 Å². The third-order valence-corrected chi connectivity index (χ3v) is 4.48. The summed E-state index contributed by atoms with van der Waals surface area (Å²) in [4.78, 5) is 4.47. The average Bonchev–Trinajstić information content (AvgIpc) is 2.46. The smallest absolute Gasteiger partial charge is 0.0753 e. The van der Waals surface area contributed by atoms with Gasteiger partial charge in [0.1, 0.15) is 0 Å². The summed E-state index contributed by atoms with van der Waals surface area (Å²) in [7, 11) is 0. The van der Waals surface area contributed by atoms with Gasteiger partial charge < -0.3 is 5.73 Å². The summed E-state index contributed by atoms with van der Waals surface area (Å²) in [5, 5.41) is 1.11. The van der Waals surface area contributed by atoms with Gasteiger partial charge in [0, 0.05) is 20.5 Å². The van der Waals surface area contributed by atoms with Crippen LogP contribution in [0.4, 0.5) is 0 Å². The van der Waals surface area contributed by atoms with Crippen LogP contribution in [0.3, 0.4) is 0 Å². The molecule has 1 aromatic heterocycles. The topological polar surface area (TPSA) is 38.9 Å². The van der Waals surface area contributed by atoms with Crippen LogP contribution in [0.5, 0.6) is 0 Å². The maximum absolute atomic E-state index is 6.45. The highest BCUT2D eigenvalue weighted by molar-refractivity contribution is 9.11. The first-order valence-corrected chi connectivity index (χ1v) is 7.79. The first-order valence-electron chi connectivity index (χ1n) is 6.21. The predicted molar refractivity (Wildman–Crippen MR) is 89.6 cm³/mol. The molecule has 0 radical (unpaired) electrons. The van der Waals surface area contributed by atoms with Crippen molar-refractivity contribution in [2.75, 3.05) is 0 Å². The molecule has 0 saturated carbocycles. The van der Waals surface area contributed by atoms with Crippen LogP contribution in [0.25, 0.3) is 10.9 Å². The Morgan fingerprint density at radius 2 is 1.75 bits per heavy atom. The normalized spacial score (nSPS) is 12.6. The molecule has 0 saturated heterocycles. The van der Waals surface area contributed by atoms with Gasteiger partial charge in [-0.2, -0.15) is 0 Å². The van der Waals surface area contributed by atoms with E-state index in [1.54, 1.807) is 6.20 Å². The number of halogens is 2. The lowest BCUT2D eigenvalue weighted by atomic mass is 9.97. The van der Waals surface area contributed by atoms with Crippen LogP contribution >= 0.6 is 31.9 Å². The monoisotopic (exact) mass is 390 g/mol. The molecule has 3 aromatic rings. The molecule has 2 N–H and O–H groups in total. The molecule has 1 unspecified atom stereocenters. The zero-order chi connectivity index (χ0) is 14.1. The van der Waals surface area contributed by atoms with Crippen molar-refractivity contribution >= 4 is 42.8 Å². The Kier molecular flexibility index (Phi) is 3.87. The van der Waals surface area contributed by atoms with Crippen LogP contribution in [0, 0.1) is 0 Å². The molecule has 100 valence electrons. The zero-order valence-electron chi connectivity index (χ0n) is 10.6. The Balaban J connectivity index is 2.15. The van der Waals surface area contributed by atoms with Crippen LogP contribution < -0.4 is 5.73 Å². The molecular formula is C16H12Br2N2. The molecular weight excluding hydrogens is 380 g/mol. The van der Waals surface area contributed by atoms with Crippen LogP contribution in [0.2, 0.25) is 0 Å². The molecule has 3 rings (SSSR count). The Labute approximate surface area is 134 Å². The minimum Gasteiger partial charge on any atom is -0.320 e. The van der Waals surface area contributed by atoms with Crippen molar-refractivity contribution in [3.05, 3.63) is 74.8 Å². The van der Waals surface area contributed by atoms with E-state index >= 15 is 0 Å². The van der Waals surface area contributed by atoms with E-state index in [-0.39, 0.29) is 6.04 Å². The van der Waals surface area contributed by atoms with Gasteiger partial charge in [0.25, 0.3) is 0 Å². The zero-order valence-corrected chi connectivity index (χ0v) is 13.7. The molecule has 2 nitrogen and oxygen atoms in total. The SMILES string of the molecule is NC(c1ccc(Br)cc1Br)c1cccc2cccnc12. The summed E-state index contributed by atoms with van der Waals surface area (Å²) >= 11 is 7.04. The van der Waals surface area contributed by atoms with Crippen molar-refractivity contribution in [1.29, 1.82) is 0 Å². The van der Waals surface area contributed by atoms with Crippen molar-refractivity contribution in [1.82, 2.24) is 4.98 Å². The number of hydrogen-bond donors (Lipinski definition) is 1. The first kappa shape index (κ1) is 13.7. The van der Waals surface area contributed by atoms with Gasteiger partial charge in [0.2, 0.25) is 0 Å². The molecule has 4 heteroatoms. The van der Waals surface area contributed by atoms with E-state index in [1.165, 1.54) is 0 Å². The number of para-hydroxylation sites is 1. The van der Waals surface area contributed by atoms with Gasteiger partial charge in [-0.25, -0.2) is 0 Å². The van der Waals surface area contributed by atoms with Crippen LogP contribution in [-0.2, 0) is 0 Å². The van der Waals surface area contributed by atoms with E-state index < -0.39 is 0 Å². The third kappa shape index (κ3) is 2.51. The van der Waals surface area contributed by atoms with Gasteiger partial charge in [-0.05, 0) is 29.3 Å². The first-order chi connectivity index (χ1) is 9.66. The van der Waals surface area contributed by atoms with E-state index in [2.05, 4.69) is 49.0 Å². The van der Waals surface area contributed by atoms with Crippen molar-refractivity contribution < 1.29 is 0 Å². The van der Waals surface area contributed by atoms with Gasteiger partial charge in [-0.3, -0.25) is 4.98 Å². The van der Waals surface area contributed by atoms with Crippen LogP contribution in [0.1, 0.15) is 17.2 Å². The van der Waals surface area contributed by atoms with Gasteiger partial charge in [-0.15, -0.1) is 0 Å². The Hall–Kier alpha value is -1.23. The minimum absolute atomic E-state index is 0.212. The molecule has 2 aromatic carbocycles. The fraction of sp³-hybridized carbons (Fsp3) is 0.0625. The number of nitrogens with two attached hydrogens (primary N) is 1. The summed E-state index contributed by atoms with van der Waals surface area (Å²) in [6, 6.07) is 15.9. The number of fused-ring (bicyclic) bond motifs is 1. The van der Waals surface area contributed by atoms with E-state index in [0.717, 1.165) is 31.0 Å². The predicted octanol–water partition coefficient (Wildman–Crippen LogP) is 4.81. The maximum atomic E-state index is 6.45. The van der Waals surface area contributed by atoms with Crippen molar-refractivity contribution in [3.63, 3.8) is 0 Å². The highest BCUT2D eigenvalue weighted by Gasteiger charge is 2.15. The Morgan fingerprint density at radius 1 is 0.950 bits per heavy atom. The number of aromatic nitrogens is 1. The molecule has 20 heavy (non-hydrogen) atoms. The van der Waals surface area contributed by atoms with Crippen molar-refractivity contribution in [2.45, 2.75) is 6.04 Å². The molecule has 0 aliphatic heterocycles. The van der Waals surface area contributed by atoms with Crippen LogP contribution in [0.15, 0.2) is 63.7 Å². The molecule has 0 bridgehead atoms. The second-order valence-electron chi connectivity index (χ2n) is 4.57. The molecule has 0 fully saturated rings. The third-order valence-electron chi connectivity index (χ3n) is 3.30. The highest BCUT2D eigenvalue weighted by atomic mass is 79.9. The van der Waals surface area contributed by atoms with Gasteiger partial charge in [-0.1, -0.05) is 62.2 Å². The minimum atomic E-state index is -0.212. The number of hydrogen-bond acceptors (Lipinski definition) is 2. The quantitative estimate of drug-likeness (QED) is 0.680. The largest absolute Gasteiger partial charge is 0.320 e. The second-order valence-corrected chi connectivity index (χ2v) is 6.34. The van der Waals surface area contributed by atoms with E-state index in [9.17, 15) is 0 Å². The van der Waals surface area contributed by atoms with Gasteiger partial charge >= 0.3 is 0 Å². The summed E-state index contributed by atoms with van der Waals surface area (Å²) in [6.45, 7) is 0. The van der Waals surface area contributed by atoms with Gasteiger partial charge in [0.05, 0.1) is 11.6 Å². The second kappa shape index (κ2) is 5.64. The standard InChI is InChI=1S/C16H12Br2N2/c17-11-6-7-12(14(18)9-11)15(19)13-5-1-3-10-4-2-8-20-16(10)13/h1-9,15H,19H2. The highest BCUT2D eigenvalue weighted by Crippen LogP contribution is 2.31. The maximum Gasteiger partial charge on any atom is 0.0753 e. The molecule has 0 aliphatic rings. The molecule has 0 amide bonds. The molecule has 0 aliphatic carbocycles. The Morgan fingerprint density at radius 3 is 2.55 bits per heavy atom. The number of rotatable bonds is 2. The van der Waals surface area contributed by atoms with Crippen molar-refractivity contribution in [3.8, 4) is 0 Å². The fourth-order valence-electron chi connectivity index (χ4n) is 2.30. The molecule has 1 heterocycles. The molecule has 0 spiro atoms. The lowest BCUT2D eigenvalue weighted by Crippen LogP contribution is -2.13. The molecule has 1 atom stereocenters.